The van der Waals surface area contributed by atoms with Gasteiger partial charge >= 0.3 is 0 Å². The third-order valence-corrected chi connectivity index (χ3v) is 6.43. The van der Waals surface area contributed by atoms with Gasteiger partial charge in [0, 0.05) is 28.1 Å². The zero-order valence-corrected chi connectivity index (χ0v) is 17.7. The summed E-state index contributed by atoms with van der Waals surface area (Å²) in [4.78, 5) is 13.6. The molecule has 0 spiro atoms. The van der Waals surface area contributed by atoms with Crippen LogP contribution in [0.15, 0.2) is 40.9 Å². The van der Waals surface area contributed by atoms with Gasteiger partial charge in [-0.05, 0) is 37.5 Å². The first kappa shape index (κ1) is 19.6. The van der Waals surface area contributed by atoms with Gasteiger partial charge in [-0.2, -0.15) is 0 Å². The Kier molecular flexibility index (Phi) is 6.34. The summed E-state index contributed by atoms with van der Waals surface area (Å²) < 4.78 is 2.07. The summed E-state index contributed by atoms with van der Waals surface area (Å²) in [6.07, 6.45) is 0. The molecule has 0 aliphatic carbocycles. The van der Waals surface area contributed by atoms with Crippen LogP contribution >= 0.6 is 23.1 Å². The smallest absolute Gasteiger partial charge is 0.234 e. The number of benzene rings is 1. The number of nitrogens with one attached hydrogen (secondary N) is 1. The van der Waals surface area contributed by atoms with Crippen molar-refractivity contribution in [2.24, 2.45) is 0 Å². The van der Waals surface area contributed by atoms with E-state index in [4.69, 9.17) is 0 Å². The van der Waals surface area contributed by atoms with Gasteiger partial charge in [-0.25, -0.2) is 0 Å². The fourth-order valence-corrected chi connectivity index (χ4v) is 4.40. The molecule has 0 saturated carbocycles. The molecule has 7 heteroatoms. The van der Waals surface area contributed by atoms with Gasteiger partial charge in [0.1, 0.15) is 0 Å². The molecular weight excluding hydrogens is 376 g/mol. The maximum absolute atomic E-state index is 12.3. The summed E-state index contributed by atoms with van der Waals surface area (Å²) in [5, 5.41) is 14.5. The molecule has 2 heterocycles. The Morgan fingerprint density at radius 1 is 1.30 bits per heavy atom. The number of carbonyl (C=O) groups is 1. The Bertz CT molecular complexity index is 930. The first-order valence-corrected chi connectivity index (χ1v) is 10.9. The minimum atomic E-state index is -0.0425. The second kappa shape index (κ2) is 8.71. The minimum absolute atomic E-state index is 0.0425. The van der Waals surface area contributed by atoms with E-state index in [1.165, 1.54) is 16.6 Å². The average molecular weight is 401 g/mol. The molecule has 3 rings (SSSR count). The second-order valence-corrected chi connectivity index (χ2v) is 8.48. The number of amides is 1. The summed E-state index contributed by atoms with van der Waals surface area (Å²) in [5.74, 6) is 1.62. The van der Waals surface area contributed by atoms with Crippen molar-refractivity contribution >= 4 is 34.7 Å². The quantitative estimate of drug-likeness (QED) is 0.555. The maximum Gasteiger partial charge on any atom is 0.234 e. The second-order valence-electron chi connectivity index (χ2n) is 6.59. The molecule has 0 radical (unpaired) electrons. The van der Waals surface area contributed by atoms with Crippen LogP contribution in [0.4, 0.5) is 5.69 Å². The highest BCUT2D eigenvalue weighted by Gasteiger charge is 2.16. The Labute approximate surface area is 168 Å². The van der Waals surface area contributed by atoms with Crippen LogP contribution in [-0.4, -0.2) is 26.4 Å². The van der Waals surface area contributed by atoms with E-state index in [2.05, 4.69) is 52.3 Å². The monoisotopic (exact) mass is 400 g/mol. The van der Waals surface area contributed by atoms with Crippen molar-refractivity contribution in [1.82, 2.24) is 14.8 Å². The number of rotatable bonds is 7. The molecule has 1 aromatic carbocycles. The largest absolute Gasteiger partial charge is 0.325 e. The predicted octanol–water partition coefficient (Wildman–Crippen LogP) is 5.19. The number of aryl methyl sites for hydroxylation is 1. The highest BCUT2D eigenvalue weighted by molar-refractivity contribution is 7.99. The third-order valence-electron chi connectivity index (χ3n) is 4.23. The molecule has 0 aliphatic heterocycles. The highest BCUT2D eigenvalue weighted by atomic mass is 32.2. The van der Waals surface area contributed by atoms with Gasteiger partial charge < -0.3 is 9.88 Å². The van der Waals surface area contributed by atoms with Crippen LogP contribution < -0.4 is 5.32 Å². The van der Waals surface area contributed by atoms with E-state index in [9.17, 15) is 4.79 Å². The molecule has 2 aromatic heterocycles. The molecule has 27 heavy (non-hydrogen) atoms. The van der Waals surface area contributed by atoms with Crippen molar-refractivity contribution < 1.29 is 4.79 Å². The van der Waals surface area contributed by atoms with Crippen molar-refractivity contribution in [2.75, 3.05) is 11.1 Å². The lowest BCUT2D eigenvalue weighted by Crippen LogP contribution is -2.15. The Morgan fingerprint density at radius 2 is 2.07 bits per heavy atom. The minimum Gasteiger partial charge on any atom is -0.325 e. The molecule has 142 valence electrons. The van der Waals surface area contributed by atoms with E-state index in [0.717, 1.165) is 34.3 Å². The molecule has 0 aliphatic rings. The van der Waals surface area contributed by atoms with Crippen LogP contribution in [0.2, 0.25) is 0 Å². The molecule has 0 bridgehead atoms. The fourth-order valence-electron chi connectivity index (χ4n) is 2.70. The van der Waals surface area contributed by atoms with Gasteiger partial charge in [0.25, 0.3) is 0 Å². The zero-order chi connectivity index (χ0) is 19.4. The van der Waals surface area contributed by atoms with Crippen LogP contribution in [-0.2, 0) is 11.3 Å². The van der Waals surface area contributed by atoms with E-state index in [1.807, 2.05) is 31.2 Å². The summed E-state index contributed by atoms with van der Waals surface area (Å²) >= 11 is 3.16. The van der Waals surface area contributed by atoms with Gasteiger partial charge in [0.2, 0.25) is 5.91 Å². The van der Waals surface area contributed by atoms with E-state index < -0.39 is 0 Å². The van der Waals surface area contributed by atoms with Gasteiger partial charge in [0.05, 0.1) is 5.75 Å². The van der Waals surface area contributed by atoms with E-state index in [0.29, 0.717) is 11.7 Å². The standard InChI is InChI=1S/C20H24N4OS2/c1-5-24-19(15-10-17(13(2)3)26-11-15)22-23-20(24)27-12-18(25)21-16-9-7-6-8-14(16)4/h6-11,13H,5,12H2,1-4H3,(H,21,25). The normalized spacial score (nSPS) is 11.1. The topological polar surface area (TPSA) is 59.8 Å². The summed E-state index contributed by atoms with van der Waals surface area (Å²) in [6, 6.07) is 9.95. The predicted molar refractivity (Wildman–Crippen MR) is 114 cm³/mol. The molecule has 3 aromatic rings. The van der Waals surface area contributed by atoms with Crippen molar-refractivity contribution in [3.8, 4) is 11.4 Å². The highest BCUT2D eigenvalue weighted by Crippen LogP contribution is 2.31. The number of anilines is 1. The molecule has 0 unspecified atom stereocenters. The van der Waals surface area contributed by atoms with Crippen molar-refractivity contribution in [3.05, 3.63) is 46.2 Å². The van der Waals surface area contributed by atoms with Gasteiger partial charge in [-0.1, -0.05) is 43.8 Å². The molecular formula is C20H24N4OS2. The molecule has 1 amide bonds. The number of thiophene rings is 1. The lowest BCUT2D eigenvalue weighted by molar-refractivity contribution is -0.113. The van der Waals surface area contributed by atoms with Gasteiger partial charge in [0.15, 0.2) is 11.0 Å². The summed E-state index contributed by atoms with van der Waals surface area (Å²) in [7, 11) is 0. The lowest BCUT2D eigenvalue weighted by Gasteiger charge is -2.08. The van der Waals surface area contributed by atoms with Crippen LogP contribution in [0.5, 0.6) is 0 Å². The number of carbonyl (C=O) groups excluding carboxylic acids is 1. The number of nitrogens with zero attached hydrogens (tertiary/aromatic N) is 3. The molecule has 5 nitrogen and oxygen atoms in total. The molecule has 1 N–H and O–H groups in total. The Hall–Kier alpha value is -2.12. The average Bonchev–Trinajstić information content (AvgIpc) is 3.28. The number of hydrogen-bond donors (Lipinski definition) is 1. The van der Waals surface area contributed by atoms with Crippen LogP contribution in [0.3, 0.4) is 0 Å². The van der Waals surface area contributed by atoms with Gasteiger partial charge in [-0.15, -0.1) is 21.5 Å². The molecule has 0 atom stereocenters. The molecule has 0 fully saturated rings. The molecule has 0 saturated heterocycles. The van der Waals surface area contributed by atoms with Crippen LogP contribution in [0.1, 0.15) is 37.1 Å². The van der Waals surface area contributed by atoms with E-state index >= 15 is 0 Å². The third kappa shape index (κ3) is 4.59. The summed E-state index contributed by atoms with van der Waals surface area (Å²) in [5.41, 5.74) is 2.99. The number of para-hydroxylation sites is 1. The van der Waals surface area contributed by atoms with Crippen molar-refractivity contribution in [3.63, 3.8) is 0 Å². The summed E-state index contributed by atoms with van der Waals surface area (Å²) in [6.45, 7) is 9.19. The van der Waals surface area contributed by atoms with E-state index in [-0.39, 0.29) is 5.91 Å². The number of aromatic nitrogens is 3. The number of thioether (sulfide) groups is 1. The first-order chi connectivity index (χ1) is 13.0. The Morgan fingerprint density at radius 3 is 2.74 bits per heavy atom. The van der Waals surface area contributed by atoms with Crippen LogP contribution in [0.25, 0.3) is 11.4 Å². The van der Waals surface area contributed by atoms with E-state index in [1.54, 1.807) is 11.3 Å². The maximum atomic E-state index is 12.3. The SMILES string of the molecule is CCn1c(SCC(=O)Nc2ccccc2C)nnc1-c1csc(C(C)C)c1. The van der Waals surface area contributed by atoms with Crippen molar-refractivity contribution in [1.29, 1.82) is 0 Å². The lowest BCUT2D eigenvalue weighted by atomic mass is 10.1. The zero-order valence-electron chi connectivity index (χ0n) is 16.0. The van der Waals surface area contributed by atoms with Gasteiger partial charge in [-0.3, -0.25) is 4.79 Å². The number of hydrogen-bond acceptors (Lipinski definition) is 5. The Balaban J connectivity index is 1.69. The first-order valence-electron chi connectivity index (χ1n) is 8.99. The van der Waals surface area contributed by atoms with Crippen LogP contribution in [0, 0.1) is 6.92 Å². The fraction of sp³-hybridized carbons (Fsp3) is 0.350. The van der Waals surface area contributed by atoms with Crippen molar-refractivity contribution in [2.45, 2.75) is 45.3 Å².